The van der Waals surface area contributed by atoms with Crippen LogP contribution in [0.5, 0.6) is 0 Å². The molecule has 1 aliphatic heterocycles. The molecule has 0 bridgehead atoms. The van der Waals surface area contributed by atoms with Gasteiger partial charge < -0.3 is 20.3 Å². The van der Waals surface area contributed by atoms with Crippen molar-refractivity contribution in [1.29, 1.82) is 0 Å². The fourth-order valence-corrected chi connectivity index (χ4v) is 4.13. The Hall–Kier alpha value is -2.08. The SMILES string of the molecule is CN(C)CCCNC(=O)C(=O)NC[C@H]1OCCN1S(=O)(=O)c1ccc(F)cc1. The Bertz CT molecular complexity index is 785. The lowest BCUT2D eigenvalue weighted by Crippen LogP contribution is -2.47. The predicted octanol–water partition coefficient (Wildman–Crippen LogP) is -0.643. The number of halogens is 1. The molecule has 1 aromatic carbocycles. The Morgan fingerprint density at radius 2 is 1.86 bits per heavy atom. The summed E-state index contributed by atoms with van der Waals surface area (Å²) < 4.78 is 44.9. The molecule has 1 aliphatic rings. The van der Waals surface area contributed by atoms with Gasteiger partial charge in [0.2, 0.25) is 10.0 Å². The summed E-state index contributed by atoms with van der Waals surface area (Å²) >= 11 is 0. The van der Waals surface area contributed by atoms with E-state index < -0.39 is 33.9 Å². The van der Waals surface area contributed by atoms with Crippen LogP contribution in [0.1, 0.15) is 6.42 Å². The highest BCUT2D eigenvalue weighted by atomic mass is 32.2. The minimum atomic E-state index is -3.91. The molecule has 0 saturated carbocycles. The molecule has 2 rings (SSSR count). The first-order valence-electron chi connectivity index (χ1n) is 8.81. The number of ether oxygens (including phenoxy) is 1. The highest BCUT2D eigenvalue weighted by molar-refractivity contribution is 7.89. The van der Waals surface area contributed by atoms with Gasteiger partial charge in [-0.3, -0.25) is 9.59 Å². The molecule has 156 valence electrons. The van der Waals surface area contributed by atoms with Gasteiger partial charge in [-0.1, -0.05) is 0 Å². The van der Waals surface area contributed by atoms with Crippen molar-refractivity contribution >= 4 is 21.8 Å². The maximum Gasteiger partial charge on any atom is 0.309 e. The van der Waals surface area contributed by atoms with E-state index in [0.29, 0.717) is 13.0 Å². The summed E-state index contributed by atoms with van der Waals surface area (Å²) in [6.45, 7) is 1.20. The summed E-state index contributed by atoms with van der Waals surface area (Å²) in [6, 6.07) is 4.45. The first-order valence-corrected chi connectivity index (χ1v) is 10.3. The van der Waals surface area contributed by atoms with Gasteiger partial charge in [0.15, 0.2) is 0 Å². The molecule has 1 aromatic rings. The number of sulfonamides is 1. The van der Waals surface area contributed by atoms with Crippen molar-refractivity contribution in [3.05, 3.63) is 30.1 Å². The van der Waals surface area contributed by atoms with Crippen LogP contribution in [0, 0.1) is 5.82 Å². The maximum absolute atomic E-state index is 13.0. The van der Waals surface area contributed by atoms with Gasteiger partial charge in [-0.15, -0.1) is 0 Å². The lowest BCUT2D eigenvalue weighted by atomic mass is 10.4. The minimum Gasteiger partial charge on any atom is -0.359 e. The number of amides is 2. The van der Waals surface area contributed by atoms with E-state index in [4.69, 9.17) is 4.74 Å². The van der Waals surface area contributed by atoms with E-state index in [2.05, 4.69) is 10.6 Å². The van der Waals surface area contributed by atoms with E-state index in [9.17, 15) is 22.4 Å². The van der Waals surface area contributed by atoms with Crippen LogP contribution in [-0.4, -0.2) is 82.5 Å². The van der Waals surface area contributed by atoms with Gasteiger partial charge in [0.25, 0.3) is 0 Å². The Kier molecular flexibility index (Phi) is 7.87. The molecule has 0 aromatic heterocycles. The number of benzene rings is 1. The number of hydrogen-bond acceptors (Lipinski definition) is 6. The highest BCUT2D eigenvalue weighted by Gasteiger charge is 2.36. The Morgan fingerprint density at radius 1 is 1.21 bits per heavy atom. The lowest BCUT2D eigenvalue weighted by molar-refractivity contribution is -0.139. The Labute approximate surface area is 163 Å². The summed E-state index contributed by atoms with van der Waals surface area (Å²) in [5.41, 5.74) is 0. The average molecular weight is 416 g/mol. The maximum atomic E-state index is 13.0. The van der Waals surface area contributed by atoms with E-state index in [0.717, 1.165) is 23.0 Å². The largest absolute Gasteiger partial charge is 0.359 e. The first-order chi connectivity index (χ1) is 13.2. The molecule has 2 N–H and O–H groups in total. The van der Waals surface area contributed by atoms with Crippen molar-refractivity contribution in [2.75, 3.05) is 46.9 Å². The van der Waals surface area contributed by atoms with Crippen molar-refractivity contribution < 1.29 is 27.1 Å². The number of nitrogens with zero attached hydrogens (tertiary/aromatic N) is 2. The molecule has 28 heavy (non-hydrogen) atoms. The van der Waals surface area contributed by atoms with E-state index in [1.807, 2.05) is 19.0 Å². The van der Waals surface area contributed by atoms with Gasteiger partial charge in [-0.25, -0.2) is 12.8 Å². The zero-order valence-corrected chi connectivity index (χ0v) is 16.7. The van der Waals surface area contributed by atoms with Gasteiger partial charge >= 0.3 is 11.8 Å². The quantitative estimate of drug-likeness (QED) is 0.431. The average Bonchev–Trinajstić information content (AvgIpc) is 3.12. The summed E-state index contributed by atoms with van der Waals surface area (Å²) in [5.74, 6) is -2.19. The molecular formula is C17H25FN4O5S. The van der Waals surface area contributed by atoms with Crippen molar-refractivity contribution in [2.24, 2.45) is 0 Å². The molecule has 1 heterocycles. The number of nitrogens with one attached hydrogen (secondary N) is 2. The van der Waals surface area contributed by atoms with Gasteiger partial charge in [0, 0.05) is 13.1 Å². The topological polar surface area (TPSA) is 108 Å². The van der Waals surface area contributed by atoms with Gasteiger partial charge in [-0.2, -0.15) is 4.31 Å². The van der Waals surface area contributed by atoms with Crippen LogP contribution < -0.4 is 10.6 Å². The number of carbonyl (C=O) groups excluding carboxylic acids is 2. The van der Waals surface area contributed by atoms with Crippen molar-refractivity contribution in [3.63, 3.8) is 0 Å². The molecule has 9 nitrogen and oxygen atoms in total. The third-order valence-electron chi connectivity index (χ3n) is 4.07. The van der Waals surface area contributed by atoms with Crippen LogP contribution in [0.3, 0.4) is 0 Å². The lowest BCUT2D eigenvalue weighted by Gasteiger charge is -2.22. The van der Waals surface area contributed by atoms with Crippen LogP contribution in [0.2, 0.25) is 0 Å². The van der Waals surface area contributed by atoms with Gasteiger partial charge in [-0.05, 0) is 51.3 Å². The summed E-state index contributed by atoms with van der Waals surface area (Å²) in [7, 11) is -0.104. The van der Waals surface area contributed by atoms with Crippen molar-refractivity contribution in [1.82, 2.24) is 19.8 Å². The summed E-state index contributed by atoms with van der Waals surface area (Å²) in [4.78, 5) is 25.6. The van der Waals surface area contributed by atoms with E-state index in [-0.39, 0.29) is 24.6 Å². The second-order valence-electron chi connectivity index (χ2n) is 6.52. The van der Waals surface area contributed by atoms with Crippen molar-refractivity contribution in [3.8, 4) is 0 Å². The third kappa shape index (κ3) is 5.96. The van der Waals surface area contributed by atoms with Crippen molar-refractivity contribution in [2.45, 2.75) is 17.5 Å². The third-order valence-corrected chi connectivity index (χ3v) is 5.98. The molecule has 1 saturated heterocycles. The van der Waals surface area contributed by atoms with E-state index in [1.54, 1.807) is 0 Å². The zero-order chi connectivity index (χ0) is 20.7. The summed E-state index contributed by atoms with van der Waals surface area (Å²) in [6.07, 6.45) is -0.248. The molecule has 0 spiro atoms. The Morgan fingerprint density at radius 3 is 2.50 bits per heavy atom. The number of hydrogen-bond donors (Lipinski definition) is 2. The number of carbonyl (C=O) groups is 2. The fourth-order valence-electron chi connectivity index (χ4n) is 2.62. The standard InChI is InChI=1S/C17H25FN4O5S/c1-21(2)9-3-8-19-16(23)17(24)20-12-15-22(10-11-27-15)28(25,26)14-6-4-13(18)5-7-14/h4-7,15H,3,8-12H2,1-2H3,(H,19,23)(H,20,24)/t15-/m1/s1. The van der Waals surface area contributed by atoms with Crippen LogP contribution >= 0.6 is 0 Å². The monoisotopic (exact) mass is 416 g/mol. The molecule has 1 fully saturated rings. The normalized spacial score (nSPS) is 17.6. The molecule has 0 aliphatic carbocycles. The fraction of sp³-hybridized carbons (Fsp3) is 0.529. The minimum absolute atomic E-state index is 0.0747. The highest BCUT2D eigenvalue weighted by Crippen LogP contribution is 2.22. The molecule has 0 unspecified atom stereocenters. The van der Waals surface area contributed by atoms with Crippen LogP contribution in [0.15, 0.2) is 29.2 Å². The first kappa shape index (κ1) is 22.2. The molecule has 1 atom stereocenters. The predicted molar refractivity (Wildman–Crippen MR) is 99.2 cm³/mol. The van der Waals surface area contributed by atoms with Crippen LogP contribution in [-0.2, 0) is 24.3 Å². The molecule has 11 heteroatoms. The van der Waals surface area contributed by atoms with Gasteiger partial charge in [0.1, 0.15) is 12.0 Å². The smallest absolute Gasteiger partial charge is 0.309 e. The summed E-state index contributed by atoms with van der Waals surface area (Å²) in [5, 5.41) is 4.88. The van der Waals surface area contributed by atoms with Crippen LogP contribution in [0.4, 0.5) is 4.39 Å². The van der Waals surface area contributed by atoms with Crippen LogP contribution in [0.25, 0.3) is 0 Å². The second kappa shape index (κ2) is 9.92. The zero-order valence-electron chi connectivity index (χ0n) is 15.9. The molecular weight excluding hydrogens is 391 g/mol. The van der Waals surface area contributed by atoms with E-state index >= 15 is 0 Å². The second-order valence-corrected chi connectivity index (χ2v) is 8.41. The molecule has 0 radical (unpaired) electrons. The van der Waals surface area contributed by atoms with E-state index in [1.165, 1.54) is 12.1 Å². The van der Waals surface area contributed by atoms with Gasteiger partial charge in [0.05, 0.1) is 18.0 Å². The number of rotatable bonds is 8. The molecule has 2 amide bonds. The Balaban J connectivity index is 1.88.